The highest BCUT2D eigenvalue weighted by Gasteiger charge is 2.38. The third-order valence-electron chi connectivity index (χ3n) is 3.71. The van der Waals surface area contributed by atoms with E-state index in [2.05, 4.69) is 4.98 Å². The minimum absolute atomic E-state index is 0.146. The Bertz CT molecular complexity index is 428. The number of aromatic nitrogens is 1. The Morgan fingerprint density at radius 2 is 2.17 bits per heavy atom. The van der Waals surface area contributed by atoms with Gasteiger partial charge in [0.15, 0.2) is 0 Å². The smallest absolute Gasteiger partial charge is 0.144 e. The average molecular weight is 249 g/mol. The maximum atomic E-state index is 12.5. The second-order valence-corrected chi connectivity index (χ2v) is 4.74. The minimum atomic E-state index is -0.444. The maximum Gasteiger partial charge on any atom is 0.144 e. The van der Waals surface area contributed by atoms with Gasteiger partial charge in [0.2, 0.25) is 0 Å². The van der Waals surface area contributed by atoms with Crippen LogP contribution in [0.5, 0.6) is 0 Å². The zero-order valence-corrected chi connectivity index (χ0v) is 10.4. The predicted octanol–water partition coefficient (Wildman–Crippen LogP) is 0.531. The number of anilines is 1. The van der Waals surface area contributed by atoms with Gasteiger partial charge in [0, 0.05) is 43.4 Å². The van der Waals surface area contributed by atoms with Crippen LogP contribution in [0, 0.1) is 5.41 Å². The summed E-state index contributed by atoms with van der Waals surface area (Å²) in [5.41, 5.74) is 11.9. The lowest BCUT2D eigenvalue weighted by Gasteiger charge is -2.34. The van der Waals surface area contributed by atoms with Gasteiger partial charge >= 0.3 is 0 Å². The number of pyridine rings is 1. The molecule has 1 saturated heterocycles. The summed E-state index contributed by atoms with van der Waals surface area (Å²) in [5, 5.41) is 0. The second-order valence-electron chi connectivity index (χ2n) is 4.74. The zero-order valence-electron chi connectivity index (χ0n) is 10.4. The van der Waals surface area contributed by atoms with Crippen LogP contribution in [0.1, 0.15) is 18.4 Å². The Morgan fingerprint density at radius 1 is 1.44 bits per heavy atom. The van der Waals surface area contributed by atoms with Gasteiger partial charge in [0.1, 0.15) is 11.6 Å². The number of nitrogens with zero attached hydrogens (tertiary/aromatic N) is 1. The molecule has 0 saturated carbocycles. The van der Waals surface area contributed by atoms with Gasteiger partial charge in [0.25, 0.3) is 0 Å². The Hall–Kier alpha value is -1.46. The summed E-state index contributed by atoms with van der Waals surface area (Å²) in [6.45, 7) is 1.58. The molecule has 0 aliphatic carbocycles. The number of hydrogen-bond donors (Lipinski definition) is 2. The van der Waals surface area contributed by atoms with E-state index in [1.807, 2.05) is 6.07 Å². The first-order valence-electron chi connectivity index (χ1n) is 6.18. The quantitative estimate of drug-likeness (QED) is 0.812. The molecular weight excluding hydrogens is 230 g/mol. The third kappa shape index (κ3) is 2.52. The van der Waals surface area contributed by atoms with Crippen LogP contribution < -0.4 is 11.5 Å². The van der Waals surface area contributed by atoms with Crippen molar-refractivity contribution in [1.29, 1.82) is 0 Å². The SMILES string of the molecule is NCC1(C(=O)Cc2cccnc2N)CCOCC1. The molecule has 1 aliphatic rings. The lowest BCUT2D eigenvalue weighted by atomic mass is 9.74. The summed E-state index contributed by atoms with van der Waals surface area (Å²) in [7, 11) is 0. The van der Waals surface area contributed by atoms with E-state index in [9.17, 15) is 4.79 Å². The number of carbonyl (C=O) groups excluding carboxylic acids is 1. The molecule has 18 heavy (non-hydrogen) atoms. The summed E-state index contributed by atoms with van der Waals surface area (Å²) in [6.07, 6.45) is 3.32. The minimum Gasteiger partial charge on any atom is -0.383 e. The molecule has 2 rings (SSSR count). The normalized spacial score (nSPS) is 18.5. The van der Waals surface area contributed by atoms with E-state index in [1.54, 1.807) is 12.3 Å². The molecule has 98 valence electrons. The summed E-state index contributed by atoms with van der Waals surface area (Å²) >= 11 is 0. The number of ketones is 1. The first-order chi connectivity index (χ1) is 8.68. The van der Waals surface area contributed by atoms with E-state index < -0.39 is 5.41 Å². The van der Waals surface area contributed by atoms with Crippen molar-refractivity contribution in [2.24, 2.45) is 11.1 Å². The van der Waals surface area contributed by atoms with Crippen molar-refractivity contribution < 1.29 is 9.53 Å². The summed E-state index contributed by atoms with van der Waals surface area (Å²) in [4.78, 5) is 16.4. The summed E-state index contributed by atoms with van der Waals surface area (Å²) in [6, 6.07) is 3.63. The van der Waals surface area contributed by atoms with Crippen LogP contribution in [0.3, 0.4) is 0 Å². The zero-order chi connectivity index (χ0) is 13.0. The first-order valence-corrected chi connectivity index (χ1v) is 6.18. The van der Waals surface area contributed by atoms with Crippen molar-refractivity contribution in [3.63, 3.8) is 0 Å². The fourth-order valence-corrected chi connectivity index (χ4v) is 2.32. The van der Waals surface area contributed by atoms with Crippen molar-refractivity contribution in [1.82, 2.24) is 4.98 Å². The average Bonchev–Trinajstić information content (AvgIpc) is 2.42. The summed E-state index contributed by atoms with van der Waals surface area (Å²) < 4.78 is 5.31. The fourth-order valence-electron chi connectivity index (χ4n) is 2.32. The van der Waals surface area contributed by atoms with E-state index in [-0.39, 0.29) is 5.78 Å². The topological polar surface area (TPSA) is 91.2 Å². The van der Waals surface area contributed by atoms with Crippen LogP contribution in [0.4, 0.5) is 5.82 Å². The largest absolute Gasteiger partial charge is 0.383 e. The standard InChI is InChI=1S/C13H19N3O2/c14-9-13(3-6-18-7-4-13)11(17)8-10-2-1-5-16-12(10)15/h1-2,5H,3-4,6-9,14H2,(H2,15,16). The molecule has 2 heterocycles. The highest BCUT2D eigenvalue weighted by Crippen LogP contribution is 2.32. The van der Waals surface area contributed by atoms with Crippen molar-refractivity contribution >= 4 is 11.6 Å². The highest BCUT2D eigenvalue weighted by molar-refractivity contribution is 5.88. The molecule has 0 atom stereocenters. The van der Waals surface area contributed by atoms with E-state index in [4.69, 9.17) is 16.2 Å². The first kappa shape index (κ1) is 13.0. The van der Waals surface area contributed by atoms with Gasteiger partial charge in [-0.3, -0.25) is 4.79 Å². The molecule has 4 N–H and O–H groups in total. The van der Waals surface area contributed by atoms with E-state index >= 15 is 0 Å². The summed E-state index contributed by atoms with van der Waals surface area (Å²) in [5.74, 6) is 0.568. The monoisotopic (exact) mass is 249 g/mol. The number of ether oxygens (including phenoxy) is 1. The molecular formula is C13H19N3O2. The maximum absolute atomic E-state index is 12.5. The second kappa shape index (κ2) is 5.46. The lowest BCUT2D eigenvalue weighted by Crippen LogP contribution is -2.44. The van der Waals surface area contributed by atoms with Gasteiger partial charge in [-0.1, -0.05) is 6.07 Å². The Labute approximate surface area is 107 Å². The van der Waals surface area contributed by atoms with Crippen LogP contribution >= 0.6 is 0 Å². The molecule has 5 heteroatoms. The molecule has 1 aromatic heterocycles. The number of nitrogens with two attached hydrogens (primary N) is 2. The Morgan fingerprint density at radius 3 is 2.78 bits per heavy atom. The predicted molar refractivity (Wildman–Crippen MR) is 68.9 cm³/mol. The fraction of sp³-hybridized carbons (Fsp3) is 0.538. The molecule has 0 bridgehead atoms. The molecule has 1 fully saturated rings. The number of Topliss-reactive ketones (excluding diaryl/α,β-unsaturated/α-hetero) is 1. The van der Waals surface area contributed by atoms with Crippen LogP contribution in [0.25, 0.3) is 0 Å². The highest BCUT2D eigenvalue weighted by atomic mass is 16.5. The van der Waals surface area contributed by atoms with Gasteiger partial charge in [-0.2, -0.15) is 0 Å². The van der Waals surface area contributed by atoms with E-state index in [0.29, 0.717) is 44.8 Å². The molecule has 1 aliphatic heterocycles. The lowest BCUT2D eigenvalue weighted by molar-refractivity contribution is -0.132. The number of carbonyl (C=O) groups is 1. The Kier molecular flexibility index (Phi) is 3.93. The molecule has 0 amide bonds. The molecule has 0 radical (unpaired) electrons. The number of rotatable bonds is 4. The van der Waals surface area contributed by atoms with Crippen molar-refractivity contribution in [3.8, 4) is 0 Å². The number of nitrogen functional groups attached to an aromatic ring is 1. The molecule has 0 unspecified atom stereocenters. The molecule has 5 nitrogen and oxygen atoms in total. The van der Waals surface area contributed by atoms with Gasteiger partial charge in [0.05, 0.1) is 0 Å². The van der Waals surface area contributed by atoms with Crippen LogP contribution in [0.2, 0.25) is 0 Å². The van der Waals surface area contributed by atoms with Gasteiger partial charge in [-0.15, -0.1) is 0 Å². The van der Waals surface area contributed by atoms with Crippen LogP contribution in [0.15, 0.2) is 18.3 Å². The van der Waals surface area contributed by atoms with Crippen molar-refractivity contribution in [2.45, 2.75) is 19.3 Å². The number of hydrogen-bond acceptors (Lipinski definition) is 5. The van der Waals surface area contributed by atoms with Gasteiger partial charge in [-0.05, 0) is 18.9 Å². The van der Waals surface area contributed by atoms with Gasteiger partial charge in [-0.25, -0.2) is 4.98 Å². The molecule has 0 aromatic carbocycles. The Balaban J connectivity index is 2.13. The van der Waals surface area contributed by atoms with Gasteiger partial charge < -0.3 is 16.2 Å². The third-order valence-corrected chi connectivity index (χ3v) is 3.71. The molecule has 0 spiro atoms. The van der Waals surface area contributed by atoms with Crippen LogP contribution in [-0.4, -0.2) is 30.5 Å². The van der Waals surface area contributed by atoms with Crippen LogP contribution in [-0.2, 0) is 16.0 Å². The van der Waals surface area contributed by atoms with Crippen molar-refractivity contribution in [2.75, 3.05) is 25.5 Å². The van der Waals surface area contributed by atoms with E-state index in [1.165, 1.54) is 0 Å². The van der Waals surface area contributed by atoms with Crippen molar-refractivity contribution in [3.05, 3.63) is 23.9 Å². The molecule has 1 aromatic rings. The van der Waals surface area contributed by atoms with E-state index in [0.717, 1.165) is 5.56 Å².